The summed E-state index contributed by atoms with van der Waals surface area (Å²) in [5, 5.41) is 6.69. The summed E-state index contributed by atoms with van der Waals surface area (Å²) in [6.07, 6.45) is 7.73. The molecular formula is C22H23FN4O3. The minimum atomic E-state index is -0.743. The van der Waals surface area contributed by atoms with Gasteiger partial charge in [0, 0.05) is 26.3 Å². The lowest BCUT2D eigenvalue weighted by Gasteiger charge is -2.27. The van der Waals surface area contributed by atoms with E-state index in [0.29, 0.717) is 26.1 Å². The van der Waals surface area contributed by atoms with E-state index in [2.05, 4.69) is 10.2 Å². The Balaban J connectivity index is 1.31. The summed E-state index contributed by atoms with van der Waals surface area (Å²) in [5.74, 6) is -1.49. The summed E-state index contributed by atoms with van der Waals surface area (Å²) in [7, 11) is 1.76. The molecule has 1 N–H and O–H groups in total. The zero-order valence-corrected chi connectivity index (χ0v) is 16.6. The van der Waals surface area contributed by atoms with E-state index in [-0.39, 0.29) is 23.7 Å². The Hall–Kier alpha value is -3.00. The number of nitrogens with zero attached hydrogens (tertiary/aromatic N) is 3. The number of halogens is 1. The van der Waals surface area contributed by atoms with Gasteiger partial charge in [-0.1, -0.05) is 24.3 Å². The Kier molecular flexibility index (Phi) is 4.47. The first kappa shape index (κ1) is 19.0. The molecule has 4 atom stereocenters. The van der Waals surface area contributed by atoms with E-state index >= 15 is 0 Å². The Morgan fingerprint density at radius 1 is 1.37 bits per heavy atom. The van der Waals surface area contributed by atoms with Crippen LogP contribution in [0.25, 0.3) is 0 Å². The first-order valence-electron chi connectivity index (χ1n) is 10.1. The Morgan fingerprint density at radius 2 is 2.17 bits per heavy atom. The van der Waals surface area contributed by atoms with Crippen molar-refractivity contribution < 1.29 is 18.7 Å². The average Bonchev–Trinajstić information content (AvgIpc) is 3.50. The van der Waals surface area contributed by atoms with Crippen molar-refractivity contribution in [2.75, 3.05) is 20.1 Å². The number of ether oxygens (including phenoxy) is 1. The zero-order valence-electron chi connectivity index (χ0n) is 16.6. The molecule has 0 saturated carbocycles. The highest BCUT2D eigenvalue weighted by Gasteiger charge is 2.67. The third-order valence-corrected chi connectivity index (χ3v) is 6.42. The number of likely N-dealkylation sites (tertiary alicyclic amines) is 1. The summed E-state index contributed by atoms with van der Waals surface area (Å²) in [4.78, 5) is 29.9. The number of carbonyl (C=O) groups is 2. The van der Waals surface area contributed by atoms with Gasteiger partial charge in [-0.2, -0.15) is 5.10 Å². The number of carbonyl (C=O) groups excluding carboxylic acids is 2. The summed E-state index contributed by atoms with van der Waals surface area (Å²) in [6, 6.07) is 6.13. The van der Waals surface area contributed by atoms with Crippen molar-refractivity contribution in [1.29, 1.82) is 0 Å². The molecule has 0 radical (unpaired) electrons. The quantitative estimate of drug-likeness (QED) is 0.733. The highest BCUT2D eigenvalue weighted by molar-refractivity contribution is 5.93. The number of hydrogen-bond donors (Lipinski definition) is 1. The maximum atomic E-state index is 13.3. The molecule has 2 bridgehead atoms. The molecule has 8 heteroatoms. The smallest absolute Gasteiger partial charge is 0.230 e. The van der Waals surface area contributed by atoms with Gasteiger partial charge in [-0.3, -0.25) is 14.7 Å². The van der Waals surface area contributed by atoms with Crippen molar-refractivity contribution in [1.82, 2.24) is 20.0 Å². The lowest BCUT2D eigenvalue weighted by Crippen LogP contribution is -2.45. The number of nitrogens with one attached hydrogen (secondary N) is 1. The standard InChI is InChI=1S/C22H23FN4O3/c1-26(9-7-15-10-24-25-11-15)20(28)18-17-6-8-22(30-17)13-27(21(29)19(18)22)12-14-2-4-16(23)5-3-14/h2-6,8,10-11,17-19H,7,9,12-13H2,1H3,(H,24,25)/t17-,18?,19?,22-/m0/s1. The fourth-order valence-electron chi connectivity index (χ4n) is 4.88. The van der Waals surface area contributed by atoms with Crippen LogP contribution in [0.4, 0.5) is 4.39 Å². The fourth-order valence-corrected chi connectivity index (χ4v) is 4.88. The van der Waals surface area contributed by atoms with Crippen LogP contribution in [0.2, 0.25) is 0 Å². The van der Waals surface area contributed by atoms with Crippen LogP contribution in [-0.4, -0.2) is 63.7 Å². The third-order valence-electron chi connectivity index (χ3n) is 6.42. The van der Waals surface area contributed by atoms with Gasteiger partial charge in [-0.05, 0) is 29.7 Å². The molecule has 3 aliphatic rings. The average molecular weight is 410 g/mol. The highest BCUT2D eigenvalue weighted by atomic mass is 19.1. The van der Waals surface area contributed by atoms with Gasteiger partial charge >= 0.3 is 0 Å². The second-order valence-electron chi connectivity index (χ2n) is 8.34. The maximum absolute atomic E-state index is 13.3. The van der Waals surface area contributed by atoms with Crippen molar-refractivity contribution >= 4 is 11.8 Å². The van der Waals surface area contributed by atoms with Crippen LogP contribution in [0.1, 0.15) is 11.1 Å². The number of benzene rings is 1. The molecule has 2 saturated heterocycles. The highest BCUT2D eigenvalue weighted by Crippen LogP contribution is 2.52. The van der Waals surface area contributed by atoms with Crippen LogP contribution in [0.3, 0.4) is 0 Å². The Labute approximate surface area is 173 Å². The summed E-state index contributed by atoms with van der Waals surface area (Å²) < 4.78 is 19.4. The lowest BCUT2D eigenvalue weighted by molar-refractivity contribution is -0.142. The molecule has 2 fully saturated rings. The van der Waals surface area contributed by atoms with Crippen LogP contribution in [-0.2, 0) is 27.3 Å². The number of H-pyrrole nitrogens is 1. The molecule has 1 aromatic heterocycles. The molecule has 5 rings (SSSR count). The molecule has 0 aliphatic carbocycles. The number of likely N-dealkylation sites (N-methyl/N-ethyl adjacent to an activating group) is 1. The molecule has 2 amide bonds. The van der Waals surface area contributed by atoms with E-state index in [0.717, 1.165) is 11.1 Å². The van der Waals surface area contributed by atoms with Gasteiger partial charge < -0.3 is 14.5 Å². The van der Waals surface area contributed by atoms with E-state index in [9.17, 15) is 14.0 Å². The normalized spacial score (nSPS) is 28.9. The predicted molar refractivity (Wildman–Crippen MR) is 105 cm³/mol. The summed E-state index contributed by atoms with van der Waals surface area (Å²) in [5.41, 5.74) is 1.13. The molecule has 4 heterocycles. The van der Waals surface area contributed by atoms with Gasteiger partial charge in [0.25, 0.3) is 0 Å². The van der Waals surface area contributed by atoms with Crippen LogP contribution < -0.4 is 0 Å². The molecule has 3 aliphatic heterocycles. The molecule has 30 heavy (non-hydrogen) atoms. The van der Waals surface area contributed by atoms with Gasteiger partial charge in [-0.25, -0.2) is 4.39 Å². The number of amides is 2. The van der Waals surface area contributed by atoms with Crippen LogP contribution in [0, 0.1) is 17.7 Å². The number of hydrogen-bond acceptors (Lipinski definition) is 4. The summed E-state index contributed by atoms with van der Waals surface area (Å²) >= 11 is 0. The van der Waals surface area contributed by atoms with E-state index in [4.69, 9.17) is 4.74 Å². The van der Waals surface area contributed by atoms with Crippen LogP contribution in [0.15, 0.2) is 48.8 Å². The SMILES string of the molecule is CN(CCc1cn[nH]c1)C(=O)C1C2C(=O)N(Cc3ccc(F)cc3)C[C@@]23C=C[C@@H]1O3. The second-order valence-corrected chi connectivity index (χ2v) is 8.34. The Bertz CT molecular complexity index is 990. The molecule has 2 unspecified atom stereocenters. The minimum Gasteiger partial charge on any atom is -0.360 e. The number of fused-ring (bicyclic) bond motifs is 1. The molecule has 156 valence electrons. The predicted octanol–water partition coefficient (Wildman–Crippen LogP) is 1.53. The van der Waals surface area contributed by atoms with E-state index in [1.54, 1.807) is 35.2 Å². The first-order chi connectivity index (χ1) is 14.5. The molecule has 2 aromatic rings. The monoisotopic (exact) mass is 410 g/mol. The molecule has 1 spiro atoms. The Morgan fingerprint density at radius 3 is 2.90 bits per heavy atom. The van der Waals surface area contributed by atoms with Crippen molar-refractivity contribution in [2.45, 2.75) is 24.7 Å². The molecular weight excluding hydrogens is 387 g/mol. The zero-order chi connectivity index (χ0) is 20.9. The third kappa shape index (κ3) is 3.02. The van der Waals surface area contributed by atoms with Crippen molar-refractivity contribution in [2.24, 2.45) is 11.8 Å². The largest absolute Gasteiger partial charge is 0.360 e. The number of aromatic amines is 1. The lowest BCUT2D eigenvalue weighted by atomic mass is 9.76. The van der Waals surface area contributed by atoms with Gasteiger partial charge in [0.15, 0.2) is 0 Å². The van der Waals surface area contributed by atoms with E-state index < -0.39 is 17.4 Å². The van der Waals surface area contributed by atoms with Crippen LogP contribution in [0.5, 0.6) is 0 Å². The number of aromatic nitrogens is 2. The minimum absolute atomic E-state index is 0.0725. The van der Waals surface area contributed by atoms with Gasteiger partial charge in [-0.15, -0.1) is 0 Å². The molecule has 1 aromatic carbocycles. The van der Waals surface area contributed by atoms with E-state index in [1.165, 1.54) is 12.1 Å². The van der Waals surface area contributed by atoms with Gasteiger partial charge in [0.1, 0.15) is 11.4 Å². The number of rotatable bonds is 6. The fraction of sp³-hybridized carbons (Fsp3) is 0.409. The topological polar surface area (TPSA) is 78.5 Å². The van der Waals surface area contributed by atoms with Crippen molar-refractivity contribution in [3.8, 4) is 0 Å². The maximum Gasteiger partial charge on any atom is 0.230 e. The second kappa shape index (κ2) is 7.05. The van der Waals surface area contributed by atoms with Crippen molar-refractivity contribution in [3.63, 3.8) is 0 Å². The van der Waals surface area contributed by atoms with Crippen molar-refractivity contribution in [3.05, 3.63) is 65.8 Å². The summed E-state index contributed by atoms with van der Waals surface area (Å²) in [6.45, 7) is 1.32. The first-order valence-corrected chi connectivity index (χ1v) is 10.1. The molecule has 7 nitrogen and oxygen atoms in total. The van der Waals surface area contributed by atoms with Crippen LogP contribution >= 0.6 is 0 Å². The van der Waals surface area contributed by atoms with Gasteiger partial charge in [0.05, 0.1) is 30.7 Å². The van der Waals surface area contributed by atoms with E-state index in [1.807, 2.05) is 18.3 Å². The van der Waals surface area contributed by atoms with Gasteiger partial charge in [0.2, 0.25) is 11.8 Å².